The van der Waals surface area contributed by atoms with E-state index in [4.69, 9.17) is 16.0 Å². The lowest BCUT2D eigenvalue weighted by atomic mass is 10.0. The number of pyridine rings is 1. The van der Waals surface area contributed by atoms with Gasteiger partial charge in [-0.05, 0) is 36.6 Å². The van der Waals surface area contributed by atoms with E-state index in [-0.39, 0.29) is 10.6 Å². The fourth-order valence-corrected chi connectivity index (χ4v) is 1.97. The van der Waals surface area contributed by atoms with Crippen LogP contribution in [0.4, 0.5) is 0 Å². The van der Waals surface area contributed by atoms with Gasteiger partial charge in [0.15, 0.2) is 0 Å². The maximum absolute atomic E-state index is 5.98. The molecule has 0 aliphatic rings. The highest BCUT2D eigenvalue weighted by Gasteiger charge is 2.25. The van der Waals surface area contributed by atoms with E-state index in [2.05, 4.69) is 39.6 Å². The molecule has 1 aromatic heterocycles. The van der Waals surface area contributed by atoms with Crippen LogP contribution in [0.1, 0.15) is 40.2 Å². The summed E-state index contributed by atoms with van der Waals surface area (Å²) in [5.74, 6) is 0. The Labute approximate surface area is 105 Å². The van der Waals surface area contributed by atoms with Crippen molar-refractivity contribution < 1.29 is 4.43 Å². The number of nitrogens with zero attached hydrogens (tertiary/aromatic N) is 1. The molecule has 0 atom stereocenters. The van der Waals surface area contributed by atoms with Gasteiger partial charge in [0.05, 0.1) is 5.60 Å². The molecule has 0 saturated carbocycles. The highest BCUT2D eigenvalue weighted by molar-refractivity contribution is 6.32. The number of hydrogen-bond donors (Lipinski definition) is 0. The Bertz CT molecular complexity index is 360. The monoisotopic (exact) mass is 255 g/mol. The quantitative estimate of drug-likeness (QED) is 0.605. The van der Waals surface area contributed by atoms with Crippen LogP contribution in [0.25, 0.3) is 0 Å². The Morgan fingerprint density at radius 1 is 1.25 bits per heavy atom. The first kappa shape index (κ1) is 13.7. The highest BCUT2D eigenvalue weighted by atomic mass is 35.5. The second-order valence-electron chi connectivity index (χ2n) is 5.33. The van der Waals surface area contributed by atoms with Gasteiger partial charge in [-0.3, -0.25) is 0 Å². The standard InChI is InChI=1S/C12H18ClNOSi/c1-11(2,3)16-15-12(4,5)9-6-7-14-10(13)8-9/h6-8H,1-5H3. The number of aromatic nitrogens is 1. The predicted octanol–water partition coefficient (Wildman–Crippen LogP) is 3.82. The molecule has 0 aromatic carbocycles. The van der Waals surface area contributed by atoms with Crippen LogP contribution in [0, 0.1) is 0 Å². The minimum Gasteiger partial charge on any atom is -0.408 e. The lowest BCUT2D eigenvalue weighted by Gasteiger charge is -2.29. The first-order valence-electron chi connectivity index (χ1n) is 5.28. The van der Waals surface area contributed by atoms with E-state index in [9.17, 15) is 0 Å². The first-order valence-corrected chi connectivity index (χ1v) is 6.56. The topological polar surface area (TPSA) is 22.1 Å². The van der Waals surface area contributed by atoms with Crippen molar-refractivity contribution in [3.63, 3.8) is 0 Å². The molecule has 2 nitrogen and oxygen atoms in total. The average Bonchev–Trinajstić information content (AvgIpc) is 2.14. The molecule has 16 heavy (non-hydrogen) atoms. The molecule has 0 fully saturated rings. The van der Waals surface area contributed by atoms with Crippen LogP contribution >= 0.6 is 11.6 Å². The van der Waals surface area contributed by atoms with Crippen LogP contribution in [-0.4, -0.2) is 14.7 Å². The maximum Gasteiger partial charge on any atom is 0.236 e. The van der Waals surface area contributed by atoms with Gasteiger partial charge >= 0.3 is 0 Å². The Kier molecular flexibility index (Phi) is 4.15. The van der Waals surface area contributed by atoms with Crippen LogP contribution in [0.2, 0.25) is 10.2 Å². The zero-order valence-corrected chi connectivity index (χ0v) is 12.2. The molecule has 0 aliphatic heterocycles. The third-order valence-corrected chi connectivity index (χ3v) is 3.47. The Morgan fingerprint density at radius 3 is 2.38 bits per heavy atom. The van der Waals surface area contributed by atoms with E-state index in [0.717, 1.165) is 5.56 Å². The van der Waals surface area contributed by atoms with Crippen LogP contribution in [0.15, 0.2) is 18.3 Å². The van der Waals surface area contributed by atoms with E-state index in [0.29, 0.717) is 14.9 Å². The molecule has 0 amide bonds. The van der Waals surface area contributed by atoms with Crippen molar-refractivity contribution in [1.29, 1.82) is 0 Å². The molecule has 0 bridgehead atoms. The molecular weight excluding hydrogens is 238 g/mol. The molecule has 0 N–H and O–H groups in total. The SMILES string of the molecule is CC(C)(C)[Si]OC(C)(C)c1ccnc(Cl)c1. The zero-order chi connectivity index (χ0) is 12.4. The third-order valence-electron chi connectivity index (χ3n) is 2.03. The van der Waals surface area contributed by atoms with Crippen molar-refractivity contribution >= 4 is 21.4 Å². The summed E-state index contributed by atoms with van der Waals surface area (Å²) >= 11 is 5.88. The summed E-state index contributed by atoms with van der Waals surface area (Å²) in [6, 6.07) is 3.80. The van der Waals surface area contributed by atoms with Crippen molar-refractivity contribution in [2.45, 2.75) is 45.3 Å². The minimum absolute atomic E-state index is 0.189. The number of rotatable bonds is 3. The van der Waals surface area contributed by atoms with E-state index in [1.54, 1.807) is 6.20 Å². The molecule has 1 rings (SSSR count). The molecule has 1 aromatic rings. The molecule has 1 heterocycles. The normalized spacial score (nSPS) is 12.9. The zero-order valence-electron chi connectivity index (χ0n) is 10.5. The van der Waals surface area contributed by atoms with Gasteiger partial charge in [-0.2, -0.15) is 0 Å². The van der Waals surface area contributed by atoms with E-state index in [1.165, 1.54) is 0 Å². The van der Waals surface area contributed by atoms with E-state index < -0.39 is 0 Å². The van der Waals surface area contributed by atoms with E-state index in [1.807, 2.05) is 12.1 Å². The fraction of sp³-hybridized carbons (Fsp3) is 0.583. The van der Waals surface area contributed by atoms with Crippen LogP contribution in [0.3, 0.4) is 0 Å². The smallest absolute Gasteiger partial charge is 0.236 e. The van der Waals surface area contributed by atoms with Gasteiger partial charge in [-0.1, -0.05) is 32.4 Å². The highest BCUT2D eigenvalue weighted by Crippen LogP contribution is 2.29. The van der Waals surface area contributed by atoms with Gasteiger partial charge in [0.2, 0.25) is 9.76 Å². The van der Waals surface area contributed by atoms with Crippen molar-refractivity contribution in [2.24, 2.45) is 0 Å². The lowest BCUT2D eigenvalue weighted by molar-refractivity contribution is 0.109. The van der Waals surface area contributed by atoms with Crippen LogP contribution < -0.4 is 0 Å². The maximum atomic E-state index is 5.98. The number of halogens is 1. The Morgan fingerprint density at radius 2 is 1.88 bits per heavy atom. The molecule has 4 heteroatoms. The van der Waals surface area contributed by atoms with Gasteiger partial charge in [-0.15, -0.1) is 0 Å². The van der Waals surface area contributed by atoms with Crippen molar-refractivity contribution in [3.8, 4) is 0 Å². The average molecular weight is 256 g/mol. The Balaban J connectivity index is 2.77. The molecule has 2 radical (unpaired) electrons. The van der Waals surface area contributed by atoms with Gasteiger partial charge < -0.3 is 4.43 Å². The lowest BCUT2D eigenvalue weighted by Crippen LogP contribution is -2.27. The summed E-state index contributed by atoms with van der Waals surface area (Å²) in [4.78, 5) is 3.97. The molecule has 88 valence electrons. The second kappa shape index (κ2) is 4.86. The summed E-state index contributed by atoms with van der Waals surface area (Å²) in [6.07, 6.45) is 1.71. The van der Waals surface area contributed by atoms with Crippen LogP contribution in [0.5, 0.6) is 0 Å². The molecular formula is C12H18ClNOSi. The summed E-state index contributed by atoms with van der Waals surface area (Å²) < 4.78 is 5.98. The van der Waals surface area contributed by atoms with Crippen molar-refractivity contribution in [3.05, 3.63) is 29.0 Å². The molecule has 0 aliphatic carbocycles. The largest absolute Gasteiger partial charge is 0.408 e. The van der Waals surface area contributed by atoms with Gasteiger partial charge in [-0.25, -0.2) is 4.98 Å². The minimum atomic E-state index is -0.321. The van der Waals surface area contributed by atoms with Gasteiger partial charge in [0.25, 0.3) is 0 Å². The third kappa shape index (κ3) is 4.24. The molecule has 0 saturated heterocycles. The number of hydrogen-bond acceptors (Lipinski definition) is 2. The van der Waals surface area contributed by atoms with Crippen molar-refractivity contribution in [2.75, 3.05) is 0 Å². The predicted molar refractivity (Wildman–Crippen MR) is 68.8 cm³/mol. The summed E-state index contributed by atoms with van der Waals surface area (Å²) in [7, 11) is 0.452. The summed E-state index contributed by atoms with van der Waals surface area (Å²) in [5, 5.41) is 0.696. The first-order chi connectivity index (χ1) is 7.21. The second-order valence-corrected chi connectivity index (χ2v) is 7.63. The molecule has 0 unspecified atom stereocenters. The van der Waals surface area contributed by atoms with Gasteiger partial charge in [0.1, 0.15) is 5.15 Å². The summed E-state index contributed by atoms with van der Waals surface area (Å²) in [5.41, 5.74) is 0.738. The Hall–Kier alpha value is -0.383. The summed E-state index contributed by atoms with van der Waals surface area (Å²) in [6.45, 7) is 10.6. The van der Waals surface area contributed by atoms with Crippen LogP contribution in [-0.2, 0) is 10.0 Å². The fourth-order valence-electron chi connectivity index (χ4n) is 1.12. The van der Waals surface area contributed by atoms with Crippen molar-refractivity contribution in [1.82, 2.24) is 4.98 Å². The van der Waals surface area contributed by atoms with Gasteiger partial charge in [0, 0.05) is 6.20 Å². The molecule has 0 spiro atoms. The van der Waals surface area contributed by atoms with E-state index >= 15 is 0 Å².